The average molecular weight is 318 g/mol. The molecular weight excluding hydrogens is 310 g/mol. The molecule has 1 aromatic carbocycles. The number of sulfonamides is 1. The molecule has 2 aromatic rings. The summed E-state index contributed by atoms with van der Waals surface area (Å²) in [6, 6.07) is 8.87. The van der Waals surface area contributed by atoms with Crippen LogP contribution in [0.5, 0.6) is 0 Å². The van der Waals surface area contributed by atoms with Gasteiger partial charge in [0.05, 0.1) is 10.7 Å². The standard InChI is InChI=1S/C11H8ClNO4S2/c12-7-3-1-2-4-8(7)13-19(16,17)10-6-5-9(18-10)11(14)15/h1-6,13H,(H,14,15). The molecule has 1 aromatic heterocycles. The van der Waals surface area contributed by atoms with Gasteiger partial charge in [0.15, 0.2) is 0 Å². The third kappa shape index (κ3) is 3.06. The largest absolute Gasteiger partial charge is 0.477 e. The SMILES string of the molecule is O=C(O)c1ccc(S(=O)(=O)Nc2ccccc2Cl)s1. The van der Waals surface area contributed by atoms with Gasteiger partial charge in [0.1, 0.15) is 9.09 Å². The van der Waals surface area contributed by atoms with Crippen molar-refractivity contribution in [2.75, 3.05) is 4.72 Å². The maximum absolute atomic E-state index is 12.0. The van der Waals surface area contributed by atoms with Gasteiger partial charge in [-0.05, 0) is 24.3 Å². The van der Waals surface area contributed by atoms with Crippen LogP contribution in [0.4, 0.5) is 5.69 Å². The van der Waals surface area contributed by atoms with Crippen molar-refractivity contribution in [2.45, 2.75) is 4.21 Å². The predicted molar refractivity (Wildman–Crippen MR) is 73.5 cm³/mol. The number of thiophene rings is 1. The highest BCUT2D eigenvalue weighted by atomic mass is 35.5. The summed E-state index contributed by atoms with van der Waals surface area (Å²) < 4.78 is 26.3. The van der Waals surface area contributed by atoms with Gasteiger partial charge in [-0.1, -0.05) is 23.7 Å². The van der Waals surface area contributed by atoms with Crippen molar-refractivity contribution < 1.29 is 18.3 Å². The molecule has 100 valence electrons. The first-order chi connectivity index (χ1) is 8.90. The van der Waals surface area contributed by atoms with Crippen molar-refractivity contribution in [3.8, 4) is 0 Å². The van der Waals surface area contributed by atoms with E-state index < -0.39 is 16.0 Å². The van der Waals surface area contributed by atoms with E-state index in [9.17, 15) is 13.2 Å². The zero-order chi connectivity index (χ0) is 14.0. The maximum Gasteiger partial charge on any atom is 0.345 e. The van der Waals surface area contributed by atoms with Gasteiger partial charge in [0.25, 0.3) is 10.0 Å². The Kier molecular flexibility index (Phi) is 3.79. The smallest absolute Gasteiger partial charge is 0.345 e. The number of para-hydroxylation sites is 1. The Hall–Kier alpha value is -1.57. The number of anilines is 1. The van der Waals surface area contributed by atoms with Crippen LogP contribution in [0.3, 0.4) is 0 Å². The van der Waals surface area contributed by atoms with Crippen LogP contribution in [0.2, 0.25) is 5.02 Å². The van der Waals surface area contributed by atoms with Crippen molar-refractivity contribution in [1.29, 1.82) is 0 Å². The topological polar surface area (TPSA) is 83.5 Å². The second kappa shape index (κ2) is 5.20. The molecule has 0 aliphatic carbocycles. The van der Waals surface area contributed by atoms with Crippen molar-refractivity contribution in [3.05, 3.63) is 46.3 Å². The number of hydrogen-bond donors (Lipinski definition) is 2. The van der Waals surface area contributed by atoms with E-state index in [2.05, 4.69) is 4.72 Å². The van der Waals surface area contributed by atoms with E-state index in [1.54, 1.807) is 18.2 Å². The number of aromatic carboxylic acids is 1. The van der Waals surface area contributed by atoms with Gasteiger partial charge in [-0.2, -0.15) is 0 Å². The number of nitrogens with one attached hydrogen (secondary N) is 1. The second-order valence-corrected chi connectivity index (χ2v) is 6.91. The lowest BCUT2D eigenvalue weighted by Gasteiger charge is -2.07. The molecule has 0 amide bonds. The second-order valence-electron chi connectivity index (χ2n) is 3.51. The van der Waals surface area contributed by atoms with E-state index in [0.717, 1.165) is 0 Å². The number of carboxylic acid groups (broad SMARTS) is 1. The molecular formula is C11H8ClNO4S2. The molecule has 0 aliphatic heterocycles. The molecule has 0 radical (unpaired) electrons. The predicted octanol–water partition coefficient (Wildman–Crippen LogP) is 2.90. The van der Waals surface area contributed by atoms with Crippen LogP contribution in [0.15, 0.2) is 40.6 Å². The Balaban J connectivity index is 2.32. The van der Waals surface area contributed by atoms with E-state index in [4.69, 9.17) is 16.7 Å². The summed E-state index contributed by atoms with van der Waals surface area (Å²) in [4.78, 5) is 10.7. The summed E-state index contributed by atoms with van der Waals surface area (Å²) in [5.74, 6) is -1.16. The molecule has 0 unspecified atom stereocenters. The highest BCUT2D eigenvalue weighted by Gasteiger charge is 2.19. The summed E-state index contributed by atoms with van der Waals surface area (Å²) in [7, 11) is -3.83. The van der Waals surface area contributed by atoms with Crippen LogP contribution in [0, 0.1) is 0 Å². The molecule has 5 nitrogen and oxygen atoms in total. The number of halogens is 1. The highest BCUT2D eigenvalue weighted by molar-refractivity contribution is 7.94. The first-order valence-corrected chi connectivity index (χ1v) is 7.68. The molecule has 0 saturated carbocycles. The minimum atomic E-state index is -3.83. The summed E-state index contributed by atoms with van der Waals surface area (Å²) in [5.41, 5.74) is 0.245. The molecule has 8 heteroatoms. The quantitative estimate of drug-likeness (QED) is 0.908. The van der Waals surface area contributed by atoms with Crippen LogP contribution in [0.25, 0.3) is 0 Å². The molecule has 0 bridgehead atoms. The highest BCUT2D eigenvalue weighted by Crippen LogP contribution is 2.27. The molecule has 0 aliphatic rings. The average Bonchev–Trinajstić information content (AvgIpc) is 2.82. The fraction of sp³-hybridized carbons (Fsp3) is 0. The molecule has 0 atom stereocenters. The number of hydrogen-bond acceptors (Lipinski definition) is 4. The van der Waals surface area contributed by atoms with Gasteiger partial charge in [-0.3, -0.25) is 4.72 Å². The Bertz CT molecular complexity index is 724. The van der Waals surface area contributed by atoms with Crippen molar-refractivity contribution in [3.63, 3.8) is 0 Å². The molecule has 0 saturated heterocycles. The zero-order valence-corrected chi connectivity index (χ0v) is 11.7. The van der Waals surface area contributed by atoms with Crippen LogP contribution in [0.1, 0.15) is 9.67 Å². The van der Waals surface area contributed by atoms with Crippen LogP contribution < -0.4 is 4.72 Å². The zero-order valence-electron chi connectivity index (χ0n) is 9.33. The van der Waals surface area contributed by atoms with Crippen LogP contribution >= 0.6 is 22.9 Å². The van der Waals surface area contributed by atoms with Gasteiger partial charge >= 0.3 is 5.97 Å². The monoisotopic (exact) mass is 317 g/mol. The molecule has 2 N–H and O–H groups in total. The summed E-state index contributed by atoms with van der Waals surface area (Å²) in [6.07, 6.45) is 0. The van der Waals surface area contributed by atoms with Gasteiger partial charge in [0.2, 0.25) is 0 Å². The van der Waals surface area contributed by atoms with E-state index in [1.165, 1.54) is 18.2 Å². The minimum absolute atomic E-state index is 0.0421. The molecule has 1 heterocycles. The van der Waals surface area contributed by atoms with Gasteiger partial charge in [-0.15, -0.1) is 11.3 Å². The molecule has 0 spiro atoms. The van der Waals surface area contributed by atoms with E-state index in [1.807, 2.05) is 0 Å². The van der Waals surface area contributed by atoms with Gasteiger partial charge in [0, 0.05) is 0 Å². The van der Waals surface area contributed by atoms with Gasteiger partial charge in [-0.25, -0.2) is 13.2 Å². The third-order valence-electron chi connectivity index (χ3n) is 2.18. The van der Waals surface area contributed by atoms with E-state index >= 15 is 0 Å². The van der Waals surface area contributed by atoms with Gasteiger partial charge < -0.3 is 5.11 Å². The molecule has 19 heavy (non-hydrogen) atoms. The Morgan fingerprint density at radius 3 is 2.47 bits per heavy atom. The molecule has 2 rings (SSSR count). The lowest BCUT2D eigenvalue weighted by Crippen LogP contribution is -2.11. The lowest BCUT2D eigenvalue weighted by molar-refractivity contribution is 0.0702. The lowest BCUT2D eigenvalue weighted by atomic mass is 10.3. The summed E-state index contributed by atoms with van der Waals surface area (Å²) >= 11 is 6.54. The van der Waals surface area contributed by atoms with Crippen LogP contribution in [-0.4, -0.2) is 19.5 Å². The van der Waals surface area contributed by atoms with Crippen molar-refractivity contribution >= 4 is 44.6 Å². The molecule has 0 fully saturated rings. The number of rotatable bonds is 4. The first kappa shape index (κ1) is 13.9. The fourth-order valence-electron chi connectivity index (χ4n) is 1.32. The fourth-order valence-corrected chi connectivity index (χ4v) is 3.78. The first-order valence-electron chi connectivity index (χ1n) is 5.00. The number of carbonyl (C=O) groups is 1. The Labute approximate surface area is 118 Å². The normalized spacial score (nSPS) is 11.2. The van der Waals surface area contributed by atoms with Crippen molar-refractivity contribution in [2.24, 2.45) is 0 Å². The van der Waals surface area contributed by atoms with E-state index in [0.29, 0.717) is 11.3 Å². The Morgan fingerprint density at radius 1 is 1.21 bits per heavy atom. The third-order valence-corrected chi connectivity index (χ3v) is 5.44. The number of carboxylic acids is 1. The maximum atomic E-state index is 12.0. The van der Waals surface area contributed by atoms with Crippen LogP contribution in [-0.2, 0) is 10.0 Å². The number of benzene rings is 1. The summed E-state index contributed by atoms with van der Waals surface area (Å²) in [5, 5.41) is 9.04. The van der Waals surface area contributed by atoms with Crippen molar-refractivity contribution in [1.82, 2.24) is 0 Å². The summed E-state index contributed by atoms with van der Waals surface area (Å²) in [6.45, 7) is 0. The Morgan fingerprint density at radius 2 is 1.89 bits per heavy atom. The minimum Gasteiger partial charge on any atom is -0.477 e. The van der Waals surface area contributed by atoms with E-state index in [-0.39, 0.29) is 19.8 Å².